The number of amides is 1. The Labute approximate surface area is 456 Å². The first kappa shape index (κ1) is 71.3. The molecular weight excluding hydrogens is 899 g/mol. The smallest absolute Gasteiger partial charge is 0.305 e. The Morgan fingerprint density at radius 1 is 0.370 bits per heavy atom. The Hall–Kier alpha value is -1.66. The van der Waals surface area contributed by atoms with Crippen molar-refractivity contribution < 1.29 is 24.5 Å². The SMILES string of the molecule is CCCCCCCC/C=C\CCCCCCCC(=O)OCCCCCCCCCC/C=C\CCCCCCCCCC(=O)NC(CO)C(O)CCCCCCCCCCCCCCCCCCCCCCCC. The average molecular weight is 1030 g/mol. The average Bonchev–Trinajstić information content (AvgIpc) is 3.39. The van der Waals surface area contributed by atoms with Gasteiger partial charge in [-0.15, -0.1) is 0 Å². The molecule has 0 rings (SSSR count). The molecule has 6 heteroatoms. The Kier molecular flexibility index (Phi) is 61.4. The normalized spacial score (nSPS) is 12.7. The van der Waals surface area contributed by atoms with Crippen LogP contribution in [-0.2, 0) is 14.3 Å². The molecule has 0 saturated heterocycles. The molecule has 0 aliphatic rings. The molecule has 0 aromatic heterocycles. The van der Waals surface area contributed by atoms with Gasteiger partial charge in [-0.05, 0) is 77.0 Å². The van der Waals surface area contributed by atoms with Gasteiger partial charge in [0.1, 0.15) is 0 Å². The number of rotatable bonds is 62. The zero-order valence-corrected chi connectivity index (χ0v) is 49.4. The number of unbranched alkanes of at least 4 members (excludes halogenated alkanes) is 47. The van der Waals surface area contributed by atoms with Crippen LogP contribution in [0.2, 0.25) is 0 Å². The van der Waals surface area contributed by atoms with Crippen molar-refractivity contribution in [2.45, 2.75) is 379 Å². The lowest BCUT2D eigenvalue weighted by molar-refractivity contribution is -0.143. The minimum atomic E-state index is -0.672. The molecule has 0 aliphatic heterocycles. The summed E-state index contributed by atoms with van der Waals surface area (Å²) in [6.07, 6.45) is 77.7. The monoisotopic (exact) mass is 1030 g/mol. The number of nitrogens with one attached hydrogen (secondary N) is 1. The summed E-state index contributed by atoms with van der Waals surface area (Å²) in [7, 11) is 0. The fraction of sp³-hybridized carbons (Fsp3) is 0.910. The maximum atomic E-state index is 12.5. The van der Waals surface area contributed by atoms with E-state index < -0.39 is 12.1 Å². The second-order valence-corrected chi connectivity index (χ2v) is 22.8. The minimum Gasteiger partial charge on any atom is -0.466 e. The fourth-order valence-electron chi connectivity index (χ4n) is 10.4. The number of carbonyl (C=O) groups is 2. The summed E-state index contributed by atoms with van der Waals surface area (Å²) >= 11 is 0. The number of allylic oxidation sites excluding steroid dienone is 4. The van der Waals surface area contributed by atoms with Gasteiger partial charge in [0.05, 0.1) is 25.4 Å². The first-order valence-electron chi connectivity index (χ1n) is 33.1. The van der Waals surface area contributed by atoms with E-state index in [0.717, 1.165) is 44.9 Å². The van der Waals surface area contributed by atoms with Gasteiger partial charge in [0.2, 0.25) is 5.91 Å². The first-order valence-corrected chi connectivity index (χ1v) is 33.1. The third-order valence-corrected chi connectivity index (χ3v) is 15.5. The zero-order chi connectivity index (χ0) is 52.9. The van der Waals surface area contributed by atoms with Gasteiger partial charge in [0, 0.05) is 12.8 Å². The van der Waals surface area contributed by atoms with Crippen molar-refractivity contribution in [3.63, 3.8) is 0 Å². The molecule has 432 valence electrons. The van der Waals surface area contributed by atoms with Crippen LogP contribution in [0.4, 0.5) is 0 Å². The van der Waals surface area contributed by atoms with Gasteiger partial charge in [0.25, 0.3) is 0 Å². The summed E-state index contributed by atoms with van der Waals surface area (Å²) in [5.41, 5.74) is 0. The summed E-state index contributed by atoms with van der Waals surface area (Å²) in [4.78, 5) is 24.6. The molecule has 0 saturated carbocycles. The van der Waals surface area contributed by atoms with Gasteiger partial charge in [-0.1, -0.05) is 301 Å². The van der Waals surface area contributed by atoms with Crippen LogP contribution < -0.4 is 5.32 Å². The van der Waals surface area contributed by atoms with Crippen LogP contribution in [0, 0.1) is 0 Å². The van der Waals surface area contributed by atoms with E-state index in [2.05, 4.69) is 43.5 Å². The molecular formula is C67H129NO5. The van der Waals surface area contributed by atoms with Gasteiger partial charge in [-0.2, -0.15) is 0 Å². The number of aliphatic hydroxyl groups excluding tert-OH is 2. The number of esters is 1. The molecule has 0 fully saturated rings. The second-order valence-electron chi connectivity index (χ2n) is 22.8. The van der Waals surface area contributed by atoms with E-state index in [1.54, 1.807) is 0 Å². The lowest BCUT2D eigenvalue weighted by Gasteiger charge is -2.22. The van der Waals surface area contributed by atoms with Gasteiger partial charge in [-0.25, -0.2) is 0 Å². The summed E-state index contributed by atoms with van der Waals surface area (Å²) in [5, 5.41) is 23.4. The molecule has 73 heavy (non-hydrogen) atoms. The van der Waals surface area contributed by atoms with Crippen molar-refractivity contribution in [1.82, 2.24) is 5.32 Å². The van der Waals surface area contributed by atoms with Crippen LogP contribution in [0.1, 0.15) is 367 Å². The zero-order valence-electron chi connectivity index (χ0n) is 49.4. The number of hydrogen-bond donors (Lipinski definition) is 3. The van der Waals surface area contributed by atoms with Crippen LogP contribution in [0.15, 0.2) is 24.3 Å². The molecule has 2 atom stereocenters. The van der Waals surface area contributed by atoms with E-state index in [9.17, 15) is 19.8 Å². The van der Waals surface area contributed by atoms with Gasteiger partial charge in [0.15, 0.2) is 0 Å². The topological polar surface area (TPSA) is 95.9 Å². The van der Waals surface area contributed by atoms with E-state index in [4.69, 9.17) is 4.74 Å². The van der Waals surface area contributed by atoms with E-state index in [-0.39, 0.29) is 18.5 Å². The number of ether oxygens (including phenoxy) is 1. The van der Waals surface area contributed by atoms with Crippen molar-refractivity contribution >= 4 is 11.9 Å². The van der Waals surface area contributed by atoms with E-state index in [1.807, 2.05) is 0 Å². The molecule has 0 aromatic carbocycles. The maximum Gasteiger partial charge on any atom is 0.305 e. The molecule has 2 unspecified atom stereocenters. The Morgan fingerprint density at radius 2 is 0.644 bits per heavy atom. The predicted molar refractivity (Wildman–Crippen MR) is 320 cm³/mol. The third-order valence-electron chi connectivity index (χ3n) is 15.5. The lowest BCUT2D eigenvalue weighted by Crippen LogP contribution is -2.45. The Morgan fingerprint density at radius 3 is 0.973 bits per heavy atom. The number of carbonyl (C=O) groups excluding carboxylic acids is 2. The van der Waals surface area contributed by atoms with Crippen molar-refractivity contribution in [3.05, 3.63) is 24.3 Å². The molecule has 0 aromatic rings. The summed E-state index contributed by atoms with van der Waals surface area (Å²) in [5.74, 6) is -0.0441. The highest BCUT2D eigenvalue weighted by atomic mass is 16.5. The maximum absolute atomic E-state index is 12.5. The van der Waals surface area contributed by atoms with Crippen LogP contribution in [0.25, 0.3) is 0 Å². The molecule has 3 N–H and O–H groups in total. The summed E-state index contributed by atoms with van der Waals surface area (Å²) in [6.45, 7) is 4.96. The predicted octanol–water partition coefficient (Wildman–Crippen LogP) is 21.0. The lowest BCUT2D eigenvalue weighted by atomic mass is 10.0. The van der Waals surface area contributed by atoms with Crippen molar-refractivity contribution in [3.8, 4) is 0 Å². The highest BCUT2D eigenvalue weighted by Crippen LogP contribution is 2.18. The largest absolute Gasteiger partial charge is 0.466 e. The highest BCUT2D eigenvalue weighted by Gasteiger charge is 2.20. The number of aliphatic hydroxyl groups is 2. The van der Waals surface area contributed by atoms with Crippen LogP contribution >= 0.6 is 0 Å². The molecule has 0 heterocycles. The molecule has 0 aliphatic carbocycles. The van der Waals surface area contributed by atoms with E-state index in [0.29, 0.717) is 25.9 Å². The van der Waals surface area contributed by atoms with Gasteiger partial charge in [-0.3, -0.25) is 9.59 Å². The second kappa shape index (κ2) is 62.9. The summed E-state index contributed by atoms with van der Waals surface area (Å²) in [6, 6.07) is -0.550. The van der Waals surface area contributed by atoms with Gasteiger partial charge < -0.3 is 20.3 Å². The molecule has 0 spiro atoms. The highest BCUT2D eigenvalue weighted by molar-refractivity contribution is 5.76. The van der Waals surface area contributed by atoms with Crippen LogP contribution in [0.5, 0.6) is 0 Å². The first-order chi connectivity index (χ1) is 36.0. The molecule has 1 amide bonds. The van der Waals surface area contributed by atoms with Gasteiger partial charge >= 0.3 is 5.97 Å². The molecule has 0 bridgehead atoms. The standard InChI is InChI=1S/C67H129NO5/c1-3-5-7-9-11-13-15-17-19-20-21-22-23-25-28-32-35-39-43-47-51-55-59-65(70)64(63-69)68-66(71)60-56-52-48-44-40-36-33-29-26-24-27-30-34-38-42-46-50-54-58-62-73-67(72)61-57-53-49-45-41-37-31-18-16-14-12-10-8-6-4-2/h18,24,26,31,64-65,69-70H,3-17,19-23,25,27-30,32-63H2,1-2H3,(H,68,71)/b26-24-,31-18-. The third kappa shape index (κ3) is 59.4. The van der Waals surface area contributed by atoms with Crippen LogP contribution in [-0.4, -0.2) is 47.4 Å². The van der Waals surface area contributed by atoms with Crippen molar-refractivity contribution in [2.24, 2.45) is 0 Å². The summed E-state index contributed by atoms with van der Waals surface area (Å²) < 4.78 is 5.48. The van der Waals surface area contributed by atoms with Crippen molar-refractivity contribution in [2.75, 3.05) is 13.2 Å². The quantitative estimate of drug-likeness (QED) is 0.0320. The molecule has 6 nitrogen and oxygen atoms in total. The minimum absolute atomic E-state index is 0.00312. The Bertz CT molecular complexity index is 1140. The van der Waals surface area contributed by atoms with Crippen LogP contribution in [0.3, 0.4) is 0 Å². The molecule has 0 radical (unpaired) electrons. The number of hydrogen-bond acceptors (Lipinski definition) is 5. The Balaban J connectivity index is 3.44. The van der Waals surface area contributed by atoms with E-state index >= 15 is 0 Å². The van der Waals surface area contributed by atoms with E-state index in [1.165, 1.54) is 289 Å². The fourth-order valence-corrected chi connectivity index (χ4v) is 10.4. The van der Waals surface area contributed by atoms with Crippen molar-refractivity contribution in [1.29, 1.82) is 0 Å².